The molecule has 0 aliphatic heterocycles. The number of thioether (sulfide) groups is 1. The van der Waals surface area contributed by atoms with E-state index in [1.165, 1.54) is 11.8 Å². The molecule has 1 saturated carbocycles. The van der Waals surface area contributed by atoms with Crippen LogP contribution in [0.4, 0.5) is 0 Å². The van der Waals surface area contributed by atoms with E-state index in [-0.39, 0.29) is 10.4 Å². The lowest BCUT2D eigenvalue weighted by Crippen LogP contribution is -1.99. The summed E-state index contributed by atoms with van der Waals surface area (Å²) in [5, 5.41) is 0.407. The van der Waals surface area contributed by atoms with E-state index in [9.17, 15) is 9.59 Å². The van der Waals surface area contributed by atoms with Crippen molar-refractivity contribution in [1.29, 1.82) is 0 Å². The molecule has 1 rings (SSSR count). The van der Waals surface area contributed by atoms with Gasteiger partial charge in [-0.05, 0) is 6.42 Å². The summed E-state index contributed by atoms with van der Waals surface area (Å²) in [6, 6.07) is 0. The normalized spacial score (nSPS) is 25.3. The molecule has 0 bridgehead atoms. The maximum atomic E-state index is 10.7. The summed E-state index contributed by atoms with van der Waals surface area (Å²) >= 11 is 1.31. The first-order valence-corrected chi connectivity index (χ1v) is 4.25. The number of Topliss-reactive ketones (excluding diaryl/α,β-unsaturated/α-hetero) is 1. The van der Waals surface area contributed by atoms with E-state index in [0.717, 1.165) is 6.42 Å². The Bertz CT molecular complexity index is 165. The van der Waals surface area contributed by atoms with Crippen LogP contribution < -0.4 is 0 Å². The van der Waals surface area contributed by atoms with Gasteiger partial charge in [0.1, 0.15) is 5.78 Å². The first-order chi connectivity index (χ1) is 4.68. The molecular weight excluding hydrogens is 148 g/mol. The molecule has 1 aliphatic rings. The largest absolute Gasteiger partial charge is 0.300 e. The van der Waals surface area contributed by atoms with E-state index in [1.807, 2.05) is 0 Å². The quantitative estimate of drug-likeness (QED) is 0.578. The molecule has 2 nitrogen and oxygen atoms in total. The van der Waals surface area contributed by atoms with Gasteiger partial charge in [-0.2, -0.15) is 0 Å². The van der Waals surface area contributed by atoms with Crippen molar-refractivity contribution >= 4 is 22.7 Å². The van der Waals surface area contributed by atoms with E-state index < -0.39 is 0 Å². The zero-order valence-corrected chi connectivity index (χ0v) is 6.74. The number of hydrogen-bond donors (Lipinski definition) is 0. The highest BCUT2D eigenvalue weighted by Crippen LogP contribution is 2.27. The van der Waals surface area contributed by atoms with Crippen LogP contribution in [0.25, 0.3) is 0 Å². The van der Waals surface area contributed by atoms with Crippen molar-refractivity contribution in [2.24, 2.45) is 0 Å². The summed E-state index contributed by atoms with van der Waals surface area (Å²) in [5.41, 5.74) is 0. The van der Waals surface area contributed by atoms with Gasteiger partial charge in [0.2, 0.25) is 0 Å². The molecule has 1 unspecified atom stereocenters. The zero-order valence-electron chi connectivity index (χ0n) is 5.92. The minimum absolute atomic E-state index is 0.125. The van der Waals surface area contributed by atoms with Crippen molar-refractivity contribution < 1.29 is 9.59 Å². The molecular formula is C7H10O2S. The fourth-order valence-electron chi connectivity index (χ4n) is 1.12. The first-order valence-electron chi connectivity index (χ1n) is 3.37. The van der Waals surface area contributed by atoms with Crippen molar-refractivity contribution in [3.05, 3.63) is 0 Å². The van der Waals surface area contributed by atoms with E-state index in [2.05, 4.69) is 0 Å². The van der Waals surface area contributed by atoms with Crippen LogP contribution in [0.3, 0.4) is 0 Å². The van der Waals surface area contributed by atoms with Gasteiger partial charge in [0.25, 0.3) is 0 Å². The average molecular weight is 158 g/mol. The molecule has 0 amide bonds. The second-order valence-electron chi connectivity index (χ2n) is 2.51. The van der Waals surface area contributed by atoms with Crippen LogP contribution >= 0.6 is 11.8 Å². The van der Waals surface area contributed by atoms with E-state index in [1.54, 1.807) is 6.92 Å². The van der Waals surface area contributed by atoms with Gasteiger partial charge >= 0.3 is 0 Å². The fourth-order valence-corrected chi connectivity index (χ4v) is 2.09. The van der Waals surface area contributed by atoms with Crippen LogP contribution in [0.15, 0.2) is 0 Å². The van der Waals surface area contributed by atoms with Crippen molar-refractivity contribution in [1.82, 2.24) is 0 Å². The van der Waals surface area contributed by atoms with E-state index in [4.69, 9.17) is 0 Å². The van der Waals surface area contributed by atoms with Gasteiger partial charge in [0, 0.05) is 25.0 Å². The molecule has 0 N–H and O–H groups in total. The van der Waals surface area contributed by atoms with Gasteiger partial charge in [-0.1, -0.05) is 11.8 Å². The van der Waals surface area contributed by atoms with Gasteiger partial charge in [0.05, 0.1) is 0 Å². The van der Waals surface area contributed by atoms with E-state index >= 15 is 0 Å². The molecule has 0 saturated heterocycles. The maximum absolute atomic E-state index is 10.7. The Labute approximate surface area is 64.4 Å². The summed E-state index contributed by atoms with van der Waals surface area (Å²) in [6.45, 7) is 1.55. The third kappa shape index (κ3) is 2.14. The van der Waals surface area contributed by atoms with Gasteiger partial charge in [-0.3, -0.25) is 9.59 Å². The summed E-state index contributed by atoms with van der Waals surface area (Å²) in [5.74, 6) is 0.304. The Kier molecular flexibility index (Phi) is 2.49. The second kappa shape index (κ2) is 3.19. The smallest absolute Gasteiger partial charge is 0.186 e. The maximum Gasteiger partial charge on any atom is 0.186 e. The van der Waals surface area contributed by atoms with Crippen molar-refractivity contribution in [3.63, 3.8) is 0 Å². The molecule has 1 aliphatic carbocycles. The Morgan fingerprint density at radius 2 is 2.40 bits per heavy atom. The molecule has 0 heterocycles. The number of hydrogen-bond acceptors (Lipinski definition) is 3. The predicted octanol–water partition coefficient (Wildman–Crippen LogP) is 1.39. The molecule has 0 radical (unpaired) electrons. The topological polar surface area (TPSA) is 34.1 Å². The monoisotopic (exact) mass is 158 g/mol. The van der Waals surface area contributed by atoms with Crippen molar-refractivity contribution in [3.8, 4) is 0 Å². The van der Waals surface area contributed by atoms with Crippen LogP contribution in [0.1, 0.15) is 26.2 Å². The minimum Gasteiger partial charge on any atom is -0.300 e. The molecule has 1 fully saturated rings. The van der Waals surface area contributed by atoms with Crippen LogP contribution in [-0.4, -0.2) is 16.1 Å². The molecule has 0 aromatic rings. The predicted molar refractivity (Wildman–Crippen MR) is 40.9 cm³/mol. The first kappa shape index (κ1) is 7.79. The molecule has 0 spiro atoms. The Morgan fingerprint density at radius 3 is 2.80 bits per heavy atom. The molecule has 1 atom stereocenters. The molecule has 3 heteroatoms. The number of carbonyl (C=O) groups excluding carboxylic acids is 2. The number of carbonyl (C=O) groups is 2. The van der Waals surface area contributed by atoms with Crippen LogP contribution in [0, 0.1) is 0 Å². The SMILES string of the molecule is CC(=O)SC1CCC(=O)C1. The fraction of sp³-hybridized carbons (Fsp3) is 0.714. The summed E-state index contributed by atoms with van der Waals surface area (Å²) in [4.78, 5) is 21.3. The average Bonchev–Trinajstić information content (AvgIpc) is 2.13. The second-order valence-corrected chi connectivity index (χ2v) is 3.99. The minimum atomic E-state index is 0.125. The summed E-state index contributed by atoms with van der Waals surface area (Å²) in [6.07, 6.45) is 2.16. The van der Waals surface area contributed by atoms with Crippen LogP contribution in [0.5, 0.6) is 0 Å². The summed E-state index contributed by atoms with van der Waals surface area (Å²) in [7, 11) is 0. The highest BCUT2D eigenvalue weighted by Gasteiger charge is 2.23. The molecule has 10 heavy (non-hydrogen) atoms. The molecule has 0 aromatic heterocycles. The lowest BCUT2D eigenvalue weighted by molar-refractivity contribution is -0.117. The third-order valence-electron chi connectivity index (χ3n) is 1.53. The van der Waals surface area contributed by atoms with Crippen molar-refractivity contribution in [2.45, 2.75) is 31.4 Å². The van der Waals surface area contributed by atoms with Gasteiger partial charge in [0.15, 0.2) is 5.12 Å². The Hall–Kier alpha value is -0.310. The van der Waals surface area contributed by atoms with Crippen LogP contribution in [0.2, 0.25) is 0 Å². The number of ketones is 1. The third-order valence-corrected chi connectivity index (χ3v) is 2.60. The highest BCUT2D eigenvalue weighted by atomic mass is 32.2. The lowest BCUT2D eigenvalue weighted by Gasteiger charge is -2.01. The Balaban J connectivity index is 2.31. The molecule has 0 aromatic carbocycles. The summed E-state index contributed by atoms with van der Waals surface area (Å²) < 4.78 is 0. The van der Waals surface area contributed by atoms with Gasteiger partial charge in [-0.25, -0.2) is 0 Å². The zero-order chi connectivity index (χ0) is 7.56. The standard InChI is InChI=1S/C7H10O2S/c1-5(8)10-7-3-2-6(9)4-7/h7H,2-4H2,1H3. The molecule has 56 valence electrons. The van der Waals surface area contributed by atoms with Gasteiger partial charge in [-0.15, -0.1) is 0 Å². The Morgan fingerprint density at radius 1 is 1.70 bits per heavy atom. The van der Waals surface area contributed by atoms with Gasteiger partial charge < -0.3 is 0 Å². The van der Waals surface area contributed by atoms with E-state index in [0.29, 0.717) is 18.6 Å². The number of rotatable bonds is 1. The van der Waals surface area contributed by atoms with Crippen LogP contribution in [-0.2, 0) is 9.59 Å². The lowest BCUT2D eigenvalue weighted by atomic mass is 10.4. The highest BCUT2D eigenvalue weighted by molar-refractivity contribution is 8.14. The van der Waals surface area contributed by atoms with Crippen molar-refractivity contribution in [2.75, 3.05) is 0 Å².